The van der Waals surface area contributed by atoms with E-state index in [0.29, 0.717) is 0 Å². The van der Waals surface area contributed by atoms with Crippen LogP contribution in [-0.4, -0.2) is 46.2 Å². The maximum Gasteiger partial charge on any atom is 0.408 e. The SMILES string of the molecule is CC(C)[C@@H](NC(=O)OCc1ccccc1)C(=O)N[C@H](CCC(=O)O)C(=O)O. The Bertz CT molecular complexity index is 661. The minimum atomic E-state index is -1.36. The molecule has 1 aromatic carbocycles. The molecule has 0 fully saturated rings. The van der Waals surface area contributed by atoms with Gasteiger partial charge in [-0.3, -0.25) is 9.59 Å². The molecule has 2 atom stereocenters. The molecule has 1 aromatic rings. The van der Waals surface area contributed by atoms with E-state index in [0.717, 1.165) is 5.56 Å². The Morgan fingerprint density at radius 3 is 2.19 bits per heavy atom. The Balaban J connectivity index is 2.64. The predicted octanol–water partition coefficient (Wildman–Crippen LogP) is 1.37. The van der Waals surface area contributed by atoms with E-state index >= 15 is 0 Å². The Kier molecular flexibility index (Phi) is 8.77. The van der Waals surface area contributed by atoms with Gasteiger partial charge in [-0.2, -0.15) is 0 Å². The highest BCUT2D eigenvalue weighted by atomic mass is 16.5. The highest BCUT2D eigenvalue weighted by Crippen LogP contribution is 2.06. The van der Waals surface area contributed by atoms with Gasteiger partial charge < -0.3 is 25.6 Å². The number of amides is 2. The Morgan fingerprint density at radius 1 is 1.04 bits per heavy atom. The summed E-state index contributed by atoms with van der Waals surface area (Å²) in [6.07, 6.45) is -1.49. The minimum absolute atomic E-state index is 0.0233. The van der Waals surface area contributed by atoms with Gasteiger partial charge in [0.05, 0.1) is 0 Å². The summed E-state index contributed by atoms with van der Waals surface area (Å²) in [4.78, 5) is 46.1. The van der Waals surface area contributed by atoms with Crippen molar-refractivity contribution in [3.8, 4) is 0 Å². The van der Waals surface area contributed by atoms with Crippen LogP contribution in [0, 0.1) is 5.92 Å². The van der Waals surface area contributed by atoms with Crippen LogP contribution in [0.4, 0.5) is 4.79 Å². The van der Waals surface area contributed by atoms with E-state index in [1.54, 1.807) is 38.1 Å². The largest absolute Gasteiger partial charge is 0.481 e. The van der Waals surface area contributed by atoms with Gasteiger partial charge in [-0.1, -0.05) is 44.2 Å². The molecule has 9 heteroatoms. The average molecular weight is 380 g/mol. The summed E-state index contributed by atoms with van der Waals surface area (Å²) in [6, 6.07) is 6.58. The monoisotopic (exact) mass is 380 g/mol. The normalized spacial score (nSPS) is 12.7. The molecule has 0 aliphatic rings. The number of carboxylic acids is 2. The lowest BCUT2D eigenvalue weighted by atomic mass is 10.0. The van der Waals surface area contributed by atoms with Crippen molar-refractivity contribution in [3.05, 3.63) is 35.9 Å². The van der Waals surface area contributed by atoms with E-state index in [9.17, 15) is 19.2 Å². The Labute approximate surface area is 156 Å². The second-order valence-corrected chi connectivity index (χ2v) is 6.26. The van der Waals surface area contributed by atoms with Crippen LogP contribution >= 0.6 is 0 Å². The van der Waals surface area contributed by atoms with E-state index in [1.807, 2.05) is 6.07 Å². The fourth-order valence-corrected chi connectivity index (χ4v) is 2.21. The third kappa shape index (κ3) is 8.21. The maximum atomic E-state index is 12.4. The summed E-state index contributed by atoms with van der Waals surface area (Å²) >= 11 is 0. The van der Waals surface area contributed by atoms with Crippen LogP contribution in [0.5, 0.6) is 0 Å². The second-order valence-electron chi connectivity index (χ2n) is 6.26. The number of rotatable bonds is 10. The van der Waals surface area contributed by atoms with Crippen molar-refractivity contribution >= 4 is 23.9 Å². The van der Waals surface area contributed by atoms with E-state index in [2.05, 4.69) is 10.6 Å². The van der Waals surface area contributed by atoms with Gasteiger partial charge in [0, 0.05) is 6.42 Å². The average Bonchev–Trinajstić information content (AvgIpc) is 2.61. The number of hydrogen-bond donors (Lipinski definition) is 4. The number of carboxylic acid groups (broad SMARTS) is 2. The maximum absolute atomic E-state index is 12.4. The molecule has 9 nitrogen and oxygen atoms in total. The van der Waals surface area contributed by atoms with Crippen molar-refractivity contribution in [2.24, 2.45) is 5.92 Å². The van der Waals surface area contributed by atoms with Crippen LogP contribution in [0.3, 0.4) is 0 Å². The zero-order chi connectivity index (χ0) is 20.4. The number of benzene rings is 1. The summed E-state index contributed by atoms with van der Waals surface area (Å²) in [5, 5.41) is 22.5. The van der Waals surface area contributed by atoms with Gasteiger partial charge >= 0.3 is 18.0 Å². The molecule has 1 rings (SSSR count). The Hall–Kier alpha value is -3.10. The van der Waals surface area contributed by atoms with Gasteiger partial charge in [0.15, 0.2) is 0 Å². The first-order valence-electron chi connectivity index (χ1n) is 8.43. The standard InChI is InChI=1S/C18H24N2O7/c1-11(2)15(16(23)19-13(17(24)25)8-9-14(21)22)20-18(26)27-10-12-6-4-3-5-7-12/h3-7,11,13,15H,8-10H2,1-2H3,(H,19,23)(H,20,26)(H,21,22)(H,24,25)/t13-,15-/m1/s1. The number of alkyl carbamates (subject to hydrolysis) is 1. The number of nitrogens with one attached hydrogen (secondary N) is 2. The first kappa shape index (κ1) is 21.9. The molecule has 0 bridgehead atoms. The lowest BCUT2D eigenvalue weighted by Crippen LogP contribution is -2.53. The highest BCUT2D eigenvalue weighted by molar-refractivity contribution is 5.89. The summed E-state index contributed by atoms with van der Waals surface area (Å²) in [7, 11) is 0. The molecule has 148 valence electrons. The van der Waals surface area contributed by atoms with Gasteiger partial charge in [0.1, 0.15) is 18.7 Å². The van der Waals surface area contributed by atoms with Crippen LogP contribution < -0.4 is 10.6 Å². The van der Waals surface area contributed by atoms with Crippen LogP contribution in [0.15, 0.2) is 30.3 Å². The van der Waals surface area contributed by atoms with Gasteiger partial charge in [-0.05, 0) is 17.9 Å². The summed E-state index contributed by atoms with van der Waals surface area (Å²) in [5.41, 5.74) is 0.776. The molecular formula is C18H24N2O7. The number of carbonyl (C=O) groups is 4. The van der Waals surface area contributed by atoms with Gasteiger partial charge in [0.25, 0.3) is 0 Å². The third-order valence-corrected chi connectivity index (χ3v) is 3.70. The number of ether oxygens (including phenoxy) is 1. The van der Waals surface area contributed by atoms with Crippen LogP contribution in [0.1, 0.15) is 32.3 Å². The molecule has 0 unspecified atom stereocenters. The quantitative estimate of drug-likeness (QED) is 0.480. The van der Waals surface area contributed by atoms with E-state index in [-0.39, 0.29) is 18.9 Å². The smallest absolute Gasteiger partial charge is 0.408 e. The van der Waals surface area contributed by atoms with Gasteiger partial charge in [-0.15, -0.1) is 0 Å². The summed E-state index contributed by atoms with van der Waals surface area (Å²) < 4.78 is 5.07. The molecular weight excluding hydrogens is 356 g/mol. The van der Waals surface area contributed by atoms with Gasteiger partial charge in [0.2, 0.25) is 5.91 Å². The predicted molar refractivity (Wildman–Crippen MR) is 94.8 cm³/mol. The van der Waals surface area contributed by atoms with Crippen molar-refractivity contribution in [2.75, 3.05) is 0 Å². The second kappa shape index (κ2) is 10.8. The third-order valence-electron chi connectivity index (χ3n) is 3.70. The number of hydrogen-bond acceptors (Lipinski definition) is 5. The van der Waals surface area contributed by atoms with E-state index in [1.165, 1.54) is 0 Å². The zero-order valence-corrected chi connectivity index (χ0v) is 15.2. The molecule has 0 radical (unpaired) electrons. The van der Waals surface area contributed by atoms with Crippen molar-refractivity contribution in [1.82, 2.24) is 10.6 Å². The first-order chi connectivity index (χ1) is 12.7. The van der Waals surface area contributed by atoms with Crippen molar-refractivity contribution in [1.29, 1.82) is 0 Å². The lowest BCUT2D eigenvalue weighted by Gasteiger charge is -2.23. The molecule has 0 aliphatic carbocycles. The molecule has 0 saturated heterocycles. The number of aliphatic carboxylic acids is 2. The molecule has 27 heavy (non-hydrogen) atoms. The molecule has 0 aromatic heterocycles. The highest BCUT2D eigenvalue weighted by Gasteiger charge is 2.29. The molecule has 0 spiro atoms. The molecule has 2 amide bonds. The molecule has 0 aliphatic heterocycles. The van der Waals surface area contributed by atoms with Crippen LogP contribution in [-0.2, 0) is 25.7 Å². The molecule has 0 saturated carbocycles. The first-order valence-corrected chi connectivity index (χ1v) is 8.43. The van der Waals surface area contributed by atoms with E-state index in [4.69, 9.17) is 14.9 Å². The fraction of sp³-hybridized carbons (Fsp3) is 0.444. The molecule has 4 N–H and O–H groups in total. The van der Waals surface area contributed by atoms with Gasteiger partial charge in [-0.25, -0.2) is 9.59 Å². The van der Waals surface area contributed by atoms with Crippen molar-refractivity contribution < 1.29 is 34.1 Å². The van der Waals surface area contributed by atoms with Crippen molar-refractivity contribution in [2.45, 2.75) is 45.4 Å². The van der Waals surface area contributed by atoms with Crippen LogP contribution in [0.25, 0.3) is 0 Å². The number of carbonyl (C=O) groups excluding carboxylic acids is 2. The minimum Gasteiger partial charge on any atom is -0.481 e. The topological polar surface area (TPSA) is 142 Å². The zero-order valence-electron chi connectivity index (χ0n) is 15.2. The lowest BCUT2D eigenvalue weighted by molar-refractivity contribution is -0.143. The summed E-state index contributed by atoms with van der Waals surface area (Å²) in [6.45, 7) is 3.37. The van der Waals surface area contributed by atoms with E-state index < -0.39 is 42.4 Å². The fourth-order valence-electron chi connectivity index (χ4n) is 2.21. The van der Waals surface area contributed by atoms with Crippen LogP contribution in [0.2, 0.25) is 0 Å². The Morgan fingerprint density at radius 2 is 1.67 bits per heavy atom. The molecule has 0 heterocycles. The van der Waals surface area contributed by atoms with Crippen molar-refractivity contribution in [3.63, 3.8) is 0 Å². The summed E-state index contributed by atoms with van der Waals surface area (Å²) in [5.74, 6) is -3.58.